The minimum atomic E-state index is 0. The summed E-state index contributed by atoms with van der Waals surface area (Å²) in [5.41, 5.74) is 2.89. The summed E-state index contributed by atoms with van der Waals surface area (Å²) >= 11 is 0. The van der Waals surface area contributed by atoms with Crippen LogP contribution in [0.2, 0.25) is 0 Å². The number of halogens is 1. The maximum Gasteiger partial charge on any atom is 0.194 e. The molecular formula is C18H27IN6. The lowest BCUT2D eigenvalue weighted by Gasteiger charge is -2.31. The lowest BCUT2D eigenvalue weighted by atomic mass is 10.0. The summed E-state index contributed by atoms with van der Waals surface area (Å²) in [4.78, 5) is 7.19. The van der Waals surface area contributed by atoms with E-state index in [1.807, 2.05) is 4.57 Å². The molecule has 1 aliphatic heterocycles. The van der Waals surface area contributed by atoms with Crippen LogP contribution in [0, 0.1) is 0 Å². The van der Waals surface area contributed by atoms with Gasteiger partial charge in [0.15, 0.2) is 5.96 Å². The van der Waals surface area contributed by atoms with Crippen molar-refractivity contribution in [3.63, 3.8) is 0 Å². The molecule has 0 amide bonds. The molecule has 1 aromatic carbocycles. The molecule has 2 heterocycles. The number of fused-ring (bicyclic) bond motifs is 1. The van der Waals surface area contributed by atoms with Crippen LogP contribution in [0.5, 0.6) is 0 Å². The SMILES string of the molecule is CCNC(=NCCCCn1cnnc1)N1CCc2ccccc2C1.I. The molecule has 7 heteroatoms. The molecule has 0 fully saturated rings. The summed E-state index contributed by atoms with van der Waals surface area (Å²) in [6, 6.07) is 8.72. The van der Waals surface area contributed by atoms with Crippen molar-refractivity contribution in [2.75, 3.05) is 19.6 Å². The zero-order chi connectivity index (χ0) is 16.6. The number of aromatic nitrogens is 3. The third kappa shape index (κ3) is 5.69. The second kappa shape index (κ2) is 10.4. The Bertz CT molecular complexity index is 655. The molecule has 0 atom stereocenters. The number of aryl methyl sites for hydroxylation is 1. The van der Waals surface area contributed by atoms with E-state index in [4.69, 9.17) is 4.99 Å². The number of hydrogen-bond acceptors (Lipinski definition) is 3. The van der Waals surface area contributed by atoms with Crippen LogP contribution >= 0.6 is 24.0 Å². The monoisotopic (exact) mass is 454 g/mol. The van der Waals surface area contributed by atoms with Crippen LogP contribution in [0.1, 0.15) is 30.9 Å². The highest BCUT2D eigenvalue weighted by Gasteiger charge is 2.18. The summed E-state index contributed by atoms with van der Waals surface area (Å²) in [6.45, 7) is 6.81. The molecule has 25 heavy (non-hydrogen) atoms. The summed E-state index contributed by atoms with van der Waals surface area (Å²) in [6.07, 6.45) is 6.77. The molecule has 136 valence electrons. The highest BCUT2D eigenvalue weighted by atomic mass is 127. The summed E-state index contributed by atoms with van der Waals surface area (Å²) in [5, 5.41) is 11.1. The molecule has 0 unspecified atom stereocenters. The van der Waals surface area contributed by atoms with Crippen molar-refractivity contribution in [1.29, 1.82) is 0 Å². The Hall–Kier alpha value is -1.64. The number of unbranched alkanes of at least 4 members (excludes halogenated alkanes) is 1. The fourth-order valence-electron chi connectivity index (χ4n) is 3.03. The molecule has 1 N–H and O–H groups in total. The zero-order valence-corrected chi connectivity index (χ0v) is 17.1. The minimum Gasteiger partial charge on any atom is -0.357 e. The summed E-state index contributed by atoms with van der Waals surface area (Å²) in [5.74, 6) is 1.04. The largest absolute Gasteiger partial charge is 0.357 e. The van der Waals surface area contributed by atoms with Gasteiger partial charge in [-0.05, 0) is 37.3 Å². The minimum absolute atomic E-state index is 0. The van der Waals surface area contributed by atoms with Gasteiger partial charge in [0, 0.05) is 32.7 Å². The molecule has 0 spiro atoms. The second-order valence-electron chi connectivity index (χ2n) is 6.08. The van der Waals surface area contributed by atoms with Gasteiger partial charge in [-0.15, -0.1) is 34.2 Å². The van der Waals surface area contributed by atoms with Gasteiger partial charge in [0.25, 0.3) is 0 Å². The van der Waals surface area contributed by atoms with Crippen molar-refractivity contribution in [2.45, 2.75) is 39.3 Å². The number of benzene rings is 1. The Labute approximate surface area is 166 Å². The summed E-state index contributed by atoms with van der Waals surface area (Å²) < 4.78 is 2.01. The van der Waals surface area contributed by atoms with Crippen LogP contribution in [-0.2, 0) is 19.5 Å². The van der Waals surface area contributed by atoms with Crippen molar-refractivity contribution in [3.05, 3.63) is 48.0 Å². The number of aliphatic imine (C=N–C) groups is 1. The first-order chi connectivity index (χ1) is 11.9. The average molecular weight is 454 g/mol. The van der Waals surface area contributed by atoms with E-state index in [2.05, 4.69) is 51.6 Å². The number of nitrogens with one attached hydrogen (secondary N) is 1. The van der Waals surface area contributed by atoms with Crippen LogP contribution < -0.4 is 5.32 Å². The predicted octanol–water partition coefficient (Wildman–Crippen LogP) is 2.70. The van der Waals surface area contributed by atoms with Crippen molar-refractivity contribution >= 4 is 29.9 Å². The molecular weight excluding hydrogens is 427 g/mol. The maximum atomic E-state index is 4.82. The molecule has 6 nitrogen and oxygen atoms in total. The van der Waals surface area contributed by atoms with Gasteiger partial charge in [-0.2, -0.15) is 0 Å². The van der Waals surface area contributed by atoms with Gasteiger partial charge in [-0.3, -0.25) is 4.99 Å². The van der Waals surface area contributed by atoms with E-state index in [1.165, 1.54) is 11.1 Å². The Morgan fingerprint density at radius 3 is 2.68 bits per heavy atom. The topological polar surface area (TPSA) is 58.3 Å². The molecule has 0 saturated heterocycles. The van der Waals surface area contributed by atoms with E-state index < -0.39 is 0 Å². The Morgan fingerprint density at radius 2 is 1.92 bits per heavy atom. The quantitative estimate of drug-likeness (QED) is 0.316. The number of nitrogens with zero attached hydrogens (tertiary/aromatic N) is 5. The fourth-order valence-corrected chi connectivity index (χ4v) is 3.03. The van der Waals surface area contributed by atoms with Gasteiger partial charge >= 0.3 is 0 Å². The lowest BCUT2D eigenvalue weighted by Crippen LogP contribution is -2.44. The Kier molecular flexibility index (Phi) is 8.17. The van der Waals surface area contributed by atoms with Crippen LogP contribution in [0.3, 0.4) is 0 Å². The fraction of sp³-hybridized carbons (Fsp3) is 0.500. The van der Waals surface area contributed by atoms with Crippen molar-refractivity contribution in [1.82, 2.24) is 25.0 Å². The highest BCUT2D eigenvalue weighted by Crippen LogP contribution is 2.18. The molecule has 1 aromatic heterocycles. The number of hydrogen-bond donors (Lipinski definition) is 1. The van der Waals surface area contributed by atoms with Crippen LogP contribution in [-0.4, -0.2) is 45.3 Å². The lowest BCUT2D eigenvalue weighted by molar-refractivity contribution is 0.378. The summed E-state index contributed by atoms with van der Waals surface area (Å²) in [7, 11) is 0. The molecule has 0 saturated carbocycles. The van der Waals surface area contributed by atoms with E-state index in [-0.39, 0.29) is 24.0 Å². The Morgan fingerprint density at radius 1 is 1.16 bits per heavy atom. The van der Waals surface area contributed by atoms with Gasteiger partial charge in [0.1, 0.15) is 12.7 Å². The average Bonchev–Trinajstić information content (AvgIpc) is 3.13. The first kappa shape index (κ1) is 19.7. The smallest absolute Gasteiger partial charge is 0.194 e. The Balaban J connectivity index is 0.00000225. The van der Waals surface area contributed by atoms with Gasteiger partial charge in [0.05, 0.1) is 0 Å². The van der Waals surface area contributed by atoms with E-state index in [0.717, 1.165) is 57.9 Å². The van der Waals surface area contributed by atoms with Crippen LogP contribution in [0.25, 0.3) is 0 Å². The molecule has 0 radical (unpaired) electrons. The van der Waals surface area contributed by atoms with Gasteiger partial charge in [0.2, 0.25) is 0 Å². The van der Waals surface area contributed by atoms with Crippen molar-refractivity contribution < 1.29 is 0 Å². The zero-order valence-electron chi connectivity index (χ0n) is 14.8. The van der Waals surface area contributed by atoms with E-state index in [0.29, 0.717) is 0 Å². The van der Waals surface area contributed by atoms with Gasteiger partial charge < -0.3 is 14.8 Å². The standard InChI is InChI=1S/C18H26N6.HI/c1-2-19-18(20-10-5-6-11-23-14-21-22-15-23)24-12-9-16-7-3-4-8-17(16)13-24;/h3-4,7-8,14-15H,2,5-6,9-13H2,1H3,(H,19,20);1H. The third-order valence-electron chi connectivity index (χ3n) is 4.32. The first-order valence-electron chi connectivity index (χ1n) is 8.79. The van der Waals surface area contributed by atoms with Crippen molar-refractivity contribution in [3.8, 4) is 0 Å². The van der Waals surface area contributed by atoms with Gasteiger partial charge in [-0.1, -0.05) is 24.3 Å². The third-order valence-corrected chi connectivity index (χ3v) is 4.32. The predicted molar refractivity (Wildman–Crippen MR) is 111 cm³/mol. The maximum absolute atomic E-state index is 4.82. The molecule has 2 aromatic rings. The van der Waals surface area contributed by atoms with Crippen molar-refractivity contribution in [2.24, 2.45) is 4.99 Å². The molecule has 0 bridgehead atoms. The number of rotatable bonds is 6. The van der Waals surface area contributed by atoms with Crippen LogP contribution in [0.4, 0.5) is 0 Å². The second-order valence-corrected chi connectivity index (χ2v) is 6.08. The number of guanidine groups is 1. The first-order valence-corrected chi connectivity index (χ1v) is 8.79. The van der Waals surface area contributed by atoms with E-state index >= 15 is 0 Å². The highest BCUT2D eigenvalue weighted by molar-refractivity contribution is 14.0. The normalized spacial score (nSPS) is 14.0. The molecule has 1 aliphatic rings. The molecule has 3 rings (SSSR count). The van der Waals surface area contributed by atoms with Gasteiger partial charge in [-0.25, -0.2) is 0 Å². The molecule has 0 aliphatic carbocycles. The van der Waals surface area contributed by atoms with E-state index in [1.54, 1.807) is 12.7 Å². The van der Waals surface area contributed by atoms with Crippen LogP contribution in [0.15, 0.2) is 41.9 Å². The van der Waals surface area contributed by atoms with E-state index in [9.17, 15) is 0 Å².